The van der Waals surface area contributed by atoms with Crippen LogP contribution in [0.5, 0.6) is 0 Å². The van der Waals surface area contributed by atoms with Crippen molar-refractivity contribution in [2.75, 3.05) is 26.3 Å². The molecule has 0 spiro atoms. The van der Waals surface area contributed by atoms with Gasteiger partial charge in [-0.05, 0) is 50.5 Å². The molecule has 1 aliphatic carbocycles. The van der Waals surface area contributed by atoms with Crippen LogP contribution in [-0.4, -0.2) is 47.0 Å². The zero-order valence-corrected chi connectivity index (χ0v) is 17.9. The van der Waals surface area contributed by atoms with E-state index in [2.05, 4.69) is 51.2 Å². The number of aryl methyl sites for hydroxylation is 1. The molecule has 7 nitrogen and oxygen atoms in total. The number of aromatic nitrogens is 3. The molecule has 1 heterocycles. The number of guanidine groups is 1. The number of nitrogens with one attached hydrogen (secondary N) is 2. The lowest BCUT2D eigenvalue weighted by atomic mass is 9.96. The number of hydrogen-bond acceptors (Lipinski definition) is 4. The smallest absolute Gasteiger partial charge is 0.191 e. The van der Waals surface area contributed by atoms with Gasteiger partial charge in [0.2, 0.25) is 0 Å². The molecule has 0 amide bonds. The molecule has 0 aliphatic heterocycles. The van der Waals surface area contributed by atoms with Gasteiger partial charge in [-0.1, -0.05) is 30.3 Å². The number of nitrogens with zero attached hydrogens (tertiary/aromatic N) is 4. The Bertz CT molecular complexity index is 782. The summed E-state index contributed by atoms with van der Waals surface area (Å²) in [6, 6.07) is 10.8. The van der Waals surface area contributed by atoms with Crippen molar-refractivity contribution in [1.29, 1.82) is 0 Å². The highest BCUT2D eigenvalue weighted by Gasteiger charge is 2.42. The van der Waals surface area contributed by atoms with E-state index in [1.54, 1.807) is 0 Å². The SMILES string of the molecule is CCOCCCNC(=NCc1nnc(C)n1C)NCC1(Cc2ccccc2)CC1. The third-order valence-electron chi connectivity index (χ3n) is 5.53. The topological polar surface area (TPSA) is 76.4 Å². The van der Waals surface area contributed by atoms with E-state index in [-0.39, 0.29) is 0 Å². The van der Waals surface area contributed by atoms with Gasteiger partial charge in [0.05, 0.1) is 0 Å². The maximum Gasteiger partial charge on any atom is 0.191 e. The van der Waals surface area contributed by atoms with Gasteiger partial charge in [0.1, 0.15) is 12.4 Å². The Morgan fingerprint density at radius 1 is 1.21 bits per heavy atom. The molecule has 0 atom stereocenters. The molecular weight excluding hydrogens is 364 g/mol. The minimum atomic E-state index is 0.344. The maximum atomic E-state index is 5.43. The summed E-state index contributed by atoms with van der Waals surface area (Å²) < 4.78 is 7.41. The van der Waals surface area contributed by atoms with Gasteiger partial charge in [0, 0.05) is 33.4 Å². The monoisotopic (exact) mass is 398 g/mol. The zero-order valence-electron chi connectivity index (χ0n) is 17.9. The van der Waals surface area contributed by atoms with Gasteiger partial charge >= 0.3 is 0 Å². The van der Waals surface area contributed by atoms with E-state index in [1.165, 1.54) is 18.4 Å². The van der Waals surface area contributed by atoms with Crippen LogP contribution >= 0.6 is 0 Å². The number of rotatable bonds is 11. The van der Waals surface area contributed by atoms with Crippen LogP contribution in [0, 0.1) is 12.3 Å². The predicted molar refractivity (Wildman–Crippen MR) is 116 cm³/mol. The third-order valence-corrected chi connectivity index (χ3v) is 5.53. The first kappa shape index (κ1) is 21.3. The lowest BCUT2D eigenvalue weighted by Crippen LogP contribution is -2.41. The second-order valence-corrected chi connectivity index (χ2v) is 7.88. The highest BCUT2D eigenvalue weighted by molar-refractivity contribution is 5.79. The first-order valence-electron chi connectivity index (χ1n) is 10.6. The first-order valence-corrected chi connectivity index (χ1v) is 10.6. The average Bonchev–Trinajstić information content (AvgIpc) is 3.42. The number of hydrogen-bond donors (Lipinski definition) is 2. The Morgan fingerprint density at radius 2 is 2.00 bits per heavy atom. The highest BCUT2D eigenvalue weighted by atomic mass is 16.5. The van der Waals surface area contributed by atoms with E-state index in [9.17, 15) is 0 Å². The van der Waals surface area contributed by atoms with Crippen molar-refractivity contribution >= 4 is 5.96 Å². The summed E-state index contributed by atoms with van der Waals surface area (Å²) in [7, 11) is 1.97. The molecule has 1 fully saturated rings. The summed E-state index contributed by atoms with van der Waals surface area (Å²) in [5, 5.41) is 15.3. The standard InChI is InChI=1S/C22H34N6O/c1-4-29-14-8-13-23-21(24-16-20-27-26-18(2)28(20)3)25-17-22(11-12-22)15-19-9-6-5-7-10-19/h5-7,9-10H,4,8,11-17H2,1-3H3,(H2,23,24,25). The van der Waals surface area contributed by atoms with Gasteiger partial charge in [0.15, 0.2) is 11.8 Å². The highest BCUT2D eigenvalue weighted by Crippen LogP contribution is 2.47. The second-order valence-electron chi connectivity index (χ2n) is 7.88. The Morgan fingerprint density at radius 3 is 2.66 bits per heavy atom. The van der Waals surface area contributed by atoms with Crippen LogP contribution in [0.3, 0.4) is 0 Å². The maximum absolute atomic E-state index is 5.43. The predicted octanol–water partition coefficient (Wildman–Crippen LogP) is 2.61. The summed E-state index contributed by atoms with van der Waals surface area (Å²) in [5.41, 5.74) is 1.75. The molecule has 29 heavy (non-hydrogen) atoms. The molecule has 1 aromatic carbocycles. The van der Waals surface area contributed by atoms with Gasteiger partial charge in [0.25, 0.3) is 0 Å². The molecule has 0 bridgehead atoms. The largest absolute Gasteiger partial charge is 0.382 e. The summed E-state index contributed by atoms with van der Waals surface area (Å²) in [4.78, 5) is 4.75. The Hall–Kier alpha value is -2.41. The van der Waals surface area contributed by atoms with Gasteiger partial charge in [-0.25, -0.2) is 4.99 Å². The van der Waals surface area contributed by atoms with Gasteiger partial charge in [-0.15, -0.1) is 10.2 Å². The van der Waals surface area contributed by atoms with Crippen LogP contribution in [0.15, 0.2) is 35.3 Å². The molecule has 2 N–H and O–H groups in total. The normalized spacial score (nSPS) is 15.3. The Labute approximate surface area is 174 Å². The summed E-state index contributed by atoms with van der Waals surface area (Å²) in [6.07, 6.45) is 4.58. The molecule has 0 saturated heterocycles. The van der Waals surface area contributed by atoms with Crippen LogP contribution in [0.4, 0.5) is 0 Å². The lowest BCUT2D eigenvalue weighted by Gasteiger charge is -2.19. The minimum absolute atomic E-state index is 0.344. The van der Waals surface area contributed by atoms with Crippen LogP contribution in [0.2, 0.25) is 0 Å². The third kappa shape index (κ3) is 6.56. The van der Waals surface area contributed by atoms with Crippen molar-refractivity contribution in [3.63, 3.8) is 0 Å². The minimum Gasteiger partial charge on any atom is -0.382 e. The van der Waals surface area contributed by atoms with Crippen LogP contribution in [-0.2, 0) is 24.8 Å². The molecule has 0 radical (unpaired) electrons. The Balaban J connectivity index is 1.56. The van der Waals surface area contributed by atoms with Gasteiger partial charge < -0.3 is 19.9 Å². The number of ether oxygens (including phenoxy) is 1. The molecule has 2 aromatic rings. The van der Waals surface area contributed by atoms with Crippen molar-refractivity contribution in [2.45, 2.75) is 46.1 Å². The van der Waals surface area contributed by atoms with Gasteiger partial charge in [-0.2, -0.15) is 0 Å². The fourth-order valence-electron chi connectivity index (χ4n) is 3.33. The fraction of sp³-hybridized carbons (Fsp3) is 0.591. The molecule has 0 unspecified atom stereocenters. The average molecular weight is 399 g/mol. The van der Waals surface area contributed by atoms with Gasteiger partial charge in [-0.3, -0.25) is 0 Å². The summed E-state index contributed by atoms with van der Waals surface area (Å²) in [6.45, 7) is 7.75. The first-order chi connectivity index (χ1) is 14.1. The number of benzene rings is 1. The fourth-order valence-corrected chi connectivity index (χ4v) is 3.33. The van der Waals surface area contributed by atoms with E-state index in [0.29, 0.717) is 12.0 Å². The van der Waals surface area contributed by atoms with Crippen molar-refractivity contribution in [3.05, 3.63) is 47.5 Å². The quantitative estimate of drug-likeness (QED) is 0.346. The lowest BCUT2D eigenvalue weighted by molar-refractivity contribution is 0.145. The zero-order chi connectivity index (χ0) is 20.5. The molecule has 158 valence electrons. The molecule has 7 heteroatoms. The van der Waals surface area contributed by atoms with E-state index >= 15 is 0 Å². The summed E-state index contributed by atoms with van der Waals surface area (Å²) in [5.74, 6) is 2.60. The van der Waals surface area contributed by atoms with E-state index in [0.717, 1.165) is 56.8 Å². The number of aliphatic imine (C=N–C) groups is 1. The Kier molecular flexibility index (Phi) is 7.63. The molecule has 3 rings (SSSR count). The molecule has 1 aromatic heterocycles. The van der Waals surface area contributed by atoms with E-state index < -0.39 is 0 Å². The van der Waals surface area contributed by atoms with Crippen molar-refractivity contribution < 1.29 is 4.74 Å². The van der Waals surface area contributed by atoms with E-state index in [4.69, 9.17) is 9.73 Å². The molecule has 1 saturated carbocycles. The van der Waals surface area contributed by atoms with Crippen LogP contribution < -0.4 is 10.6 Å². The molecular formula is C22H34N6O. The van der Waals surface area contributed by atoms with Crippen LogP contribution in [0.1, 0.15) is 43.4 Å². The second kappa shape index (κ2) is 10.4. The molecule has 1 aliphatic rings. The van der Waals surface area contributed by atoms with Crippen molar-refractivity contribution in [3.8, 4) is 0 Å². The van der Waals surface area contributed by atoms with E-state index in [1.807, 2.05) is 25.5 Å². The van der Waals surface area contributed by atoms with Crippen molar-refractivity contribution in [2.24, 2.45) is 17.5 Å². The summed E-state index contributed by atoms with van der Waals surface area (Å²) >= 11 is 0. The van der Waals surface area contributed by atoms with Crippen molar-refractivity contribution in [1.82, 2.24) is 25.4 Å². The van der Waals surface area contributed by atoms with Crippen LogP contribution in [0.25, 0.3) is 0 Å².